The molecule has 4 aromatic rings. The molecule has 0 amide bonds. The van der Waals surface area contributed by atoms with E-state index in [0.717, 1.165) is 30.3 Å². The zero-order chi connectivity index (χ0) is 30.9. The first-order valence-corrected chi connectivity index (χ1v) is 12.8. The predicted octanol–water partition coefficient (Wildman–Crippen LogP) is 2.64. The average Bonchev–Trinajstić information content (AvgIpc) is 2.96. The summed E-state index contributed by atoms with van der Waals surface area (Å²) in [6, 6.07) is 10.4. The number of hydrogen-bond donors (Lipinski definition) is 10. The minimum atomic E-state index is -1.84. The van der Waals surface area contributed by atoms with Crippen LogP contribution >= 0.6 is 0 Å². The number of aliphatic hydroxyl groups excluding tert-OH is 2. The molecular formula is C30H24O13. The summed E-state index contributed by atoms with van der Waals surface area (Å²) in [5.74, 6) is -7.57. The first-order chi connectivity index (χ1) is 20.4. The third-order valence-electron chi connectivity index (χ3n) is 7.63. The molecule has 5 atom stereocenters. The molecule has 0 unspecified atom stereocenters. The molecule has 0 fully saturated rings. The van der Waals surface area contributed by atoms with Gasteiger partial charge in [0.25, 0.3) is 0 Å². The van der Waals surface area contributed by atoms with E-state index in [9.17, 15) is 55.9 Å². The second-order valence-electron chi connectivity index (χ2n) is 10.3. The number of hydrogen-bond acceptors (Lipinski definition) is 13. The van der Waals surface area contributed by atoms with Crippen molar-refractivity contribution in [1.82, 2.24) is 0 Å². The van der Waals surface area contributed by atoms with Crippen LogP contribution in [0, 0.1) is 0 Å². The highest BCUT2D eigenvalue weighted by Gasteiger charge is 2.46. The third kappa shape index (κ3) is 4.29. The van der Waals surface area contributed by atoms with E-state index in [1.165, 1.54) is 24.3 Å². The maximum Gasteiger partial charge on any atom is 0.200 e. The summed E-state index contributed by atoms with van der Waals surface area (Å²) in [5.41, 5.74) is -0.159. The summed E-state index contributed by atoms with van der Waals surface area (Å²) in [4.78, 5) is 13.4. The molecule has 2 aliphatic heterocycles. The first kappa shape index (κ1) is 27.6. The van der Waals surface area contributed by atoms with Gasteiger partial charge in [-0.1, -0.05) is 6.07 Å². The van der Waals surface area contributed by atoms with Crippen molar-refractivity contribution in [2.24, 2.45) is 0 Å². The second-order valence-corrected chi connectivity index (χ2v) is 10.3. The maximum atomic E-state index is 13.4. The van der Waals surface area contributed by atoms with Crippen LogP contribution in [-0.2, 0) is 0 Å². The number of rotatable bonds is 3. The molecule has 43 heavy (non-hydrogen) atoms. The van der Waals surface area contributed by atoms with Crippen LogP contribution in [0.3, 0.4) is 0 Å². The normalized spacial score (nSPS) is 22.7. The molecule has 10 N–H and O–H groups in total. The number of aromatic hydroxyl groups is 8. The maximum absolute atomic E-state index is 13.4. The highest BCUT2D eigenvalue weighted by atomic mass is 16.5. The Labute approximate surface area is 241 Å². The van der Waals surface area contributed by atoms with Gasteiger partial charge < -0.3 is 60.5 Å². The molecule has 13 nitrogen and oxygen atoms in total. The van der Waals surface area contributed by atoms with Gasteiger partial charge in [-0.3, -0.25) is 4.79 Å². The number of fused-ring (bicyclic) bond motifs is 2. The van der Waals surface area contributed by atoms with Crippen molar-refractivity contribution >= 4 is 5.78 Å². The average molecular weight is 593 g/mol. The van der Waals surface area contributed by atoms with Crippen LogP contribution in [0.25, 0.3) is 0 Å². The third-order valence-corrected chi connectivity index (χ3v) is 7.63. The highest BCUT2D eigenvalue weighted by Crippen LogP contribution is 2.54. The van der Waals surface area contributed by atoms with E-state index in [-0.39, 0.29) is 45.1 Å². The molecule has 0 saturated heterocycles. The molecule has 13 heteroatoms. The van der Waals surface area contributed by atoms with Crippen molar-refractivity contribution in [3.8, 4) is 57.5 Å². The molecule has 0 radical (unpaired) electrons. The number of phenols is 8. The van der Waals surface area contributed by atoms with Gasteiger partial charge in [0, 0.05) is 34.2 Å². The molecule has 0 spiro atoms. The van der Waals surface area contributed by atoms with E-state index in [4.69, 9.17) is 9.47 Å². The lowest BCUT2D eigenvalue weighted by molar-refractivity contribution is 0.00364. The van der Waals surface area contributed by atoms with E-state index in [0.29, 0.717) is 0 Å². The molecule has 6 rings (SSSR count). The lowest BCUT2D eigenvalue weighted by Crippen LogP contribution is -2.39. The number of aliphatic hydroxyl groups is 2. The van der Waals surface area contributed by atoms with Crippen molar-refractivity contribution in [2.45, 2.75) is 30.3 Å². The van der Waals surface area contributed by atoms with Crippen LogP contribution in [0.2, 0.25) is 0 Å². The summed E-state index contributed by atoms with van der Waals surface area (Å²) in [7, 11) is 0. The number of carbonyl (C=O) groups excluding carboxylic acids is 1. The summed E-state index contributed by atoms with van der Waals surface area (Å²) in [6.45, 7) is 0. The Morgan fingerprint density at radius 2 is 1.16 bits per heavy atom. The SMILES string of the molecule is O=C1c2ccc(O)c([C@@H]3c4ccc(O)cc4O[C@H](c4cc(O)c(O)c(O)c4)[C@H]3O)c2O[C@H](c2cc(O)c(O)c(O)c2)[C@@H]1O. The zero-order valence-corrected chi connectivity index (χ0v) is 21.8. The first-order valence-electron chi connectivity index (χ1n) is 12.8. The van der Waals surface area contributed by atoms with Crippen molar-refractivity contribution in [3.05, 3.63) is 82.4 Å². The van der Waals surface area contributed by atoms with Crippen LogP contribution in [0.1, 0.15) is 50.7 Å². The van der Waals surface area contributed by atoms with Crippen molar-refractivity contribution in [2.75, 3.05) is 0 Å². The molecule has 0 saturated carbocycles. The van der Waals surface area contributed by atoms with Crippen molar-refractivity contribution < 1.29 is 65.3 Å². The monoisotopic (exact) mass is 592 g/mol. The van der Waals surface area contributed by atoms with E-state index >= 15 is 0 Å². The largest absolute Gasteiger partial charge is 0.508 e. The van der Waals surface area contributed by atoms with Crippen molar-refractivity contribution in [3.63, 3.8) is 0 Å². The summed E-state index contributed by atoms with van der Waals surface area (Å²) in [5, 5.41) is 104. The molecule has 0 bridgehead atoms. The molecular weight excluding hydrogens is 568 g/mol. The van der Waals surface area contributed by atoms with Crippen LogP contribution in [0.15, 0.2) is 54.6 Å². The van der Waals surface area contributed by atoms with E-state index < -0.39 is 76.4 Å². The van der Waals surface area contributed by atoms with Crippen LogP contribution < -0.4 is 9.47 Å². The number of ketones is 1. The van der Waals surface area contributed by atoms with Crippen LogP contribution in [0.4, 0.5) is 0 Å². The Morgan fingerprint density at radius 3 is 1.74 bits per heavy atom. The molecule has 0 aliphatic carbocycles. The topological polar surface area (TPSA) is 238 Å². The predicted molar refractivity (Wildman–Crippen MR) is 144 cm³/mol. The summed E-state index contributed by atoms with van der Waals surface area (Å²) in [6.07, 6.45) is -6.38. The fourth-order valence-electron chi connectivity index (χ4n) is 5.57. The van der Waals surface area contributed by atoms with Gasteiger partial charge in [-0.05, 0) is 42.5 Å². The Kier molecular flexibility index (Phi) is 6.29. The minimum Gasteiger partial charge on any atom is -0.508 e. The van der Waals surface area contributed by atoms with Gasteiger partial charge in [-0.15, -0.1) is 0 Å². The summed E-state index contributed by atoms with van der Waals surface area (Å²) < 4.78 is 12.0. The Hall–Kier alpha value is -5.53. The molecule has 4 aromatic carbocycles. The van der Waals surface area contributed by atoms with Crippen LogP contribution in [0.5, 0.6) is 57.5 Å². The number of Topliss-reactive ketones (excluding diaryl/α,β-unsaturated/α-hetero) is 1. The number of benzene rings is 4. The number of carbonyl (C=O) groups is 1. The number of phenolic OH excluding ortho intramolecular Hbond substituents is 8. The minimum absolute atomic E-state index is 0.00363. The second kappa shape index (κ2) is 9.79. The van der Waals surface area contributed by atoms with Gasteiger partial charge in [0.2, 0.25) is 0 Å². The molecule has 222 valence electrons. The van der Waals surface area contributed by atoms with Gasteiger partial charge >= 0.3 is 0 Å². The van der Waals surface area contributed by atoms with Crippen molar-refractivity contribution in [1.29, 1.82) is 0 Å². The van der Waals surface area contributed by atoms with Gasteiger partial charge in [0.05, 0.1) is 5.56 Å². The Morgan fingerprint density at radius 1 is 0.605 bits per heavy atom. The Balaban J connectivity index is 1.54. The fraction of sp³-hybridized carbons (Fsp3) is 0.167. The molecule has 0 aromatic heterocycles. The standard InChI is InChI=1S/C30H24O13/c31-12-1-2-13-20(9-12)42-28(10-5-16(33)24(38)17(34)6-10)26(40)21(13)22-15(32)4-3-14-23(37)27(41)29(43-30(14)22)11-7-18(35)25(39)19(36)8-11/h1-9,21,26-29,31-36,38-41H/t21-,26-,27+,28+,29+/m0/s1. The quantitative estimate of drug-likeness (QED) is 0.154. The highest BCUT2D eigenvalue weighted by molar-refractivity contribution is 6.04. The van der Waals surface area contributed by atoms with E-state index in [2.05, 4.69) is 0 Å². The fourth-order valence-corrected chi connectivity index (χ4v) is 5.57. The van der Waals surface area contributed by atoms with Gasteiger partial charge in [-0.25, -0.2) is 0 Å². The van der Waals surface area contributed by atoms with Gasteiger partial charge in [0.15, 0.2) is 58.6 Å². The lowest BCUT2D eigenvalue weighted by Gasteiger charge is -2.39. The zero-order valence-electron chi connectivity index (χ0n) is 21.8. The van der Waals surface area contributed by atoms with Gasteiger partial charge in [0.1, 0.15) is 29.1 Å². The van der Waals surface area contributed by atoms with Crippen LogP contribution in [-0.4, -0.2) is 69.1 Å². The van der Waals surface area contributed by atoms with Gasteiger partial charge in [-0.2, -0.15) is 0 Å². The number of ether oxygens (including phenoxy) is 2. The molecule has 2 heterocycles. The smallest absolute Gasteiger partial charge is 0.200 e. The Bertz CT molecular complexity index is 1750. The lowest BCUT2D eigenvalue weighted by atomic mass is 9.78. The van der Waals surface area contributed by atoms with E-state index in [1.54, 1.807) is 0 Å². The van der Waals surface area contributed by atoms with E-state index in [1.807, 2.05) is 0 Å². The summed E-state index contributed by atoms with van der Waals surface area (Å²) >= 11 is 0. The molecule has 2 aliphatic rings.